The molecule has 1 aliphatic heterocycles. The van der Waals surface area contributed by atoms with Crippen LogP contribution in [0.1, 0.15) is 40.0 Å². The van der Waals surface area contributed by atoms with E-state index in [0.29, 0.717) is 31.0 Å². The SMILES string of the molecule is CC(C)[C@H]1CC[C@H](C)CC12OCC(O)CO2. The Balaban J connectivity index is 2.12. The van der Waals surface area contributed by atoms with Gasteiger partial charge < -0.3 is 14.6 Å². The van der Waals surface area contributed by atoms with Crippen LogP contribution in [0.5, 0.6) is 0 Å². The summed E-state index contributed by atoms with van der Waals surface area (Å²) in [7, 11) is 0. The van der Waals surface area contributed by atoms with Gasteiger partial charge in [-0.25, -0.2) is 0 Å². The Morgan fingerprint density at radius 1 is 1.19 bits per heavy atom. The molecule has 1 N–H and O–H groups in total. The molecule has 0 bridgehead atoms. The zero-order valence-corrected chi connectivity index (χ0v) is 10.6. The average molecular weight is 228 g/mol. The van der Waals surface area contributed by atoms with E-state index in [9.17, 15) is 5.11 Å². The van der Waals surface area contributed by atoms with Gasteiger partial charge in [-0.3, -0.25) is 0 Å². The van der Waals surface area contributed by atoms with Crippen molar-refractivity contribution in [2.45, 2.75) is 51.9 Å². The first-order chi connectivity index (χ1) is 7.53. The maximum Gasteiger partial charge on any atom is 0.171 e. The van der Waals surface area contributed by atoms with Crippen molar-refractivity contribution in [3.63, 3.8) is 0 Å². The summed E-state index contributed by atoms with van der Waals surface area (Å²) in [5, 5.41) is 9.46. The normalized spacial score (nSPS) is 45.2. The number of aliphatic hydroxyl groups is 1. The van der Waals surface area contributed by atoms with Crippen LogP contribution in [0.4, 0.5) is 0 Å². The largest absolute Gasteiger partial charge is 0.388 e. The minimum Gasteiger partial charge on any atom is -0.388 e. The van der Waals surface area contributed by atoms with Crippen LogP contribution >= 0.6 is 0 Å². The van der Waals surface area contributed by atoms with Gasteiger partial charge in [-0.2, -0.15) is 0 Å². The Hall–Kier alpha value is -0.120. The van der Waals surface area contributed by atoms with Gasteiger partial charge in [0, 0.05) is 12.3 Å². The van der Waals surface area contributed by atoms with Gasteiger partial charge in [0.2, 0.25) is 0 Å². The van der Waals surface area contributed by atoms with Crippen molar-refractivity contribution in [2.24, 2.45) is 17.8 Å². The molecular weight excluding hydrogens is 204 g/mol. The predicted octanol–water partition coefficient (Wildman–Crippen LogP) is 2.18. The fraction of sp³-hybridized carbons (Fsp3) is 1.00. The van der Waals surface area contributed by atoms with Crippen molar-refractivity contribution >= 4 is 0 Å². The summed E-state index contributed by atoms with van der Waals surface area (Å²) in [6.45, 7) is 7.59. The molecule has 1 aliphatic carbocycles. The van der Waals surface area contributed by atoms with Crippen molar-refractivity contribution in [3.8, 4) is 0 Å². The van der Waals surface area contributed by atoms with Crippen molar-refractivity contribution in [3.05, 3.63) is 0 Å². The summed E-state index contributed by atoms with van der Waals surface area (Å²) in [5.41, 5.74) is 0. The fourth-order valence-corrected chi connectivity index (χ4v) is 3.16. The summed E-state index contributed by atoms with van der Waals surface area (Å²) >= 11 is 0. The number of aliphatic hydroxyl groups excluding tert-OH is 1. The second-order valence-corrected chi connectivity index (χ2v) is 5.82. The summed E-state index contributed by atoms with van der Waals surface area (Å²) in [5.74, 6) is 1.29. The molecule has 0 aromatic carbocycles. The van der Waals surface area contributed by atoms with Crippen molar-refractivity contribution < 1.29 is 14.6 Å². The van der Waals surface area contributed by atoms with E-state index in [-0.39, 0.29) is 0 Å². The quantitative estimate of drug-likeness (QED) is 0.747. The molecule has 2 rings (SSSR count). The average Bonchev–Trinajstić information content (AvgIpc) is 2.22. The highest BCUT2D eigenvalue weighted by atomic mass is 16.7. The van der Waals surface area contributed by atoms with Gasteiger partial charge in [0.05, 0.1) is 13.2 Å². The van der Waals surface area contributed by atoms with Gasteiger partial charge in [0.15, 0.2) is 5.79 Å². The first kappa shape index (κ1) is 12.3. The van der Waals surface area contributed by atoms with Crippen molar-refractivity contribution in [2.75, 3.05) is 13.2 Å². The third-order valence-corrected chi connectivity index (χ3v) is 4.01. The molecule has 0 unspecified atom stereocenters. The lowest BCUT2D eigenvalue weighted by Gasteiger charge is -2.50. The number of hydrogen-bond acceptors (Lipinski definition) is 3. The first-order valence-corrected chi connectivity index (χ1v) is 6.49. The number of hydrogen-bond donors (Lipinski definition) is 1. The molecule has 1 saturated carbocycles. The Labute approximate surface area is 98.1 Å². The van der Waals surface area contributed by atoms with E-state index in [0.717, 1.165) is 6.42 Å². The molecule has 16 heavy (non-hydrogen) atoms. The monoisotopic (exact) mass is 228 g/mol. The molecule has 3 heteroatoms. The summed E-state index contributed by atoms with van der Waals surface area (Å²) in [6.07, 6.45) is 2.97. The van der Waals surface area contributed by atoms with Gasteiger partial charge >= 0.3 is 0 Å². The van der Waals surface area contributed by atoms with E-state index in [2.05, 4.69) is 20.8 Å². The third kappa shape index (κ3) is 2.27. The van der Waals surface area contributed by atoms with E-state index >= 15 is 0 Å². The smallest absolute Gasteiger partial charge is 0.171 e. The zero-order chi connectivity index (χ0) is 11.8. The van der Waals surface area contributed by atoms with Gasteiger partial charge in [0.1, 0.15) is 6.10 Å². The maximum absolute atomic E-state index is 9.46. The molecular formula is C13H24O3. The van der Waals surface area contributed by atoms with Crippen molar-refractivity contribution in [1.29, 1.82) is 0 Å². The van der Waals surface area contributed by atoms with Crippen LogP contribution in [0.15, 0.2) is 0 Å². The molecule has 3 nitrogen and oxygen atoms in total. The number of ether oxygens (including phenoxy) is 2. The van der Waals surface area contributed by atoms with E-state index in [1.54, 1.807) is 0 Å². The maximum atomic E-state index is 9.46. The van der Waals surface area contributed by atoms with Gasteiger partial charge in [0.25, 0.3) is 0 Å². The Morgan fingerprint density at radius 3 is 2.38 bits per heavy atom. The molecule has 0 aromatic rings. The highest BCUT2D eigenvalue weighted by molar-refractivity contribution is 4.90. The molecule has 94 valence electrons. The van der Waals surface area contributed by atoms with Crippen LogP contribution in [0.25, 0.3) is 0 Å². The van der Waals surface area contributed by atoms with E-state index < -0.39 is 11.9 Å². The summed E-state index contributed by atoms with van der Waals surface area (Å²) < 4.78 is 11.8. The number of rotatable bonds is 1. The van der Waals surface area contributed by atoms with Gasteiger partial charge in [-0.1, -0.05) is 27.2 Å². The standard InChI is InChI=1S/C13H24O3/c1-9(2)12-5-4-10(3)6-13(12)15-7-11(14)8-16-13/h9-12,14H,4-8H2,1-3H3/t10-,11?,12+,13?/m0/s1. The third-order valence-electron chi connectivity index (χ3n) is 4.01. The Morgan fingerprint density at radius 2 is 1.81 bits per heavy atom. The van der Waals surface area contributed by atoms with Gasteiger partial charge in [-0.15, -0.1) is 0 Å². The topological polar surface area (TPSA) is 38.7 Å². The predicted molar refractivity (Wildman–Crippen MR) is 62.0 cm³/mol. The molecule has 0 aromatic heterocycles. The molecule has 0 amide bonds. The highest BCUT2D eigenvalue weighted by Crippen LogP contribution is 2.45. The Bertz CT molecular complexity index is 231. The van der Waals surface area contributed by atoms with Crippen LogP contribution in [-0.2, 0) is 9.47 Å². The molecule has 2 aliphatic rings. The van der Waals surface area contributed by atoms with Crippen molar-refractivity contribution in [1.82, 2.24) is 0 Å². The zero-order valence-electron chi connectivity index (χ0n) is 10.6. The lowest BCUT2D eigenvalue weighted by Crippen LogP contribution is -2.55. The minimum absolute atomic E-state index is 0.412. The van der Waals surface area contributed by atoms with Crippen LogP contribution in [0, 0.1) is 17.8 Å². The lowest BCUT2D eigenvalue weighted by atomic mass is 9.72. The fourth-order valence-electron chi connectivity index (χ4n) is 3.16. The van der Waals surface area contributed by atoms with Gasteiger partial charge in [-0.05, 0) is 18.3 Å². The molecule has 2 atom stereocenters. The summed E-state index contributed by atoms with van der Waals surface area (Å²) in [4.78, 5) is 0. The molecule has 1 saturated heterocycles. The molecule has 1 heterocycles. The second kappa shape index (κ2) is 4.63. The second-order valence-electron chi connectivity index (χ2n) is 5.82. The lowest BCUT2D eigenvalue weighted by molar-refractivity contribution is -0.336. The Kier molecular flexibility index (Phi) is 3.57. The van der Waals surface area contributed by atoms with Crippen LogP contribution in [0.3, 0.4) is 0 Å². The van der Waals surface area contributed by atoms with Crippen LogP contribution in [0.2, 0.25) is 0 Å². The van der Waals surface area contributed by atoms with Crippen LogP contribution < -0.4 is 0 Å². The molecule has 0 radical (unpaired) electrons. The van der Waals surface area contributed by atoms with E-state index in [1.807, 2.05) is 0 Å². The highest BCUT2D eigenvalue weighted by Gasteiger charge is 2.48. The molecule has 1 spiro atoms. The van der Waals surface area contributed by atoms with E-state index in [4.69, 9.17) is 9.47 Å². The van der Waals surface area contributed by atoms with E-state index in [1.165, 1.54) is 12.8 Å². The molecule has 2 fully saturated rings. The minimum atomic E-state index is -0.448. The van der Waals surface area contributed by atoms with Crippen LogP contribution in [-0.4, -0.2) is 30.2 Å². The first-order valence-electron chi connectivity index (χ1n) is 6.49. The summed E-state index contributed by atoms with van der Waals surface area (Å²) in [6, 6.07) is 0.